The Morgan fingerprint density at radius 3 is 2.15 bits per heavy atom. The Bertz CT molecular complexity index is 2420. The van der Waals surface area contributed by atoms with E-state index in [2.05, 4.69) is 38.2 Å². The maximum Gasteiger partial charge on any atom is 0.322 e. The van der Waals surface area contributed by atoms with Gasteiger partial charge >= 0.3 is 6.01 Å². The smallest absolute Gasteiger partial charge is 0.322 e. The molecular formula is C48H61N11O8. The molecule has 1 aliphatic rings. The maximum absolute atomic E-state index is 14.7. The molecule has 5 rings (SSSR count). The highest BCUT2D eigenvalue weighted by Crippen LogP contribution is 2.40. The third-order valence-corrected chi connectivity index (χ3v) is 11.0. The van der Waals surface area contributed by atoms with E-state index >= 15 is 0 Å². The lowest BCUT2D eigenvalue weighted by Gasteiger charge is -2.32. The number of benzene rings is 3. The van der Waals surface area contributed by atoms with Gasteiger partial charge < -0.3 is 57.6 Å². The van der Waals surface area contributed by atoms with Crippen molar-refractivity contribution in [3.63, 3.8) is 0 Å². The second kappa shape index (κ2) is 24.4. The zero-order chi connectivity index (χ0) is 48.6. The highest BCUT2D eigenvalue weighted by molar-refractivity contribution is 6.00. The number of nitrogens with zero attached hydrogens (tertiary/aromatic N) is 4. The van der Waals surface area contributed by atoms with Crippen molar-refractivity contribution in [3.05, 3.63) is 94.3 Å². The molecule has 10 N–H and O–H groups in total. The summed E-state index contributed by atoms with van der Waals surface area (Å²) >= 11 is 0. The monoisotopic (exact) mass is 919 g/mol. The molecule has 0 spiro atoms. The number of carbonyl (C=O) groups is 5. The minimum Gasteiger partial charge on any atom is -0.492 e. The molecule has 1 aliphatic heterocycles. The largest absolute Gasteiger partial charge is 0.492 e. The highest BCUT2D eigenvalue weighted by Gasteiger charge is 2.36. The summed E-state index contributed by atoms with van der Waals surface area (Å²) < 4.78 is 18.1. The summed E-state index contributed by atoms with van der Waals surface area (Å²) in [6, 6.07) is 14.6. The first kappa shape index (κ1) is 50.9. The Morgan fingerprint density at radius 1 is 0.896 bits per heavy atom. The van der Waals surface area contributed by atoms with Crippen molar-refractivity contribution in [2.24, 2.45) is 17.2 Å². The number of nitrogens with two attached hydrogens (primary N) is 3. The van der Waals surface area contributed by atoms with Crippen LogP contribution in [0.2, 0.25) is 0 Å². The number of rotatable bonds is 19. The second-order valence-corrected chi connectivity index (χ2v) is 16.1. The lowest BCUT2D eigenvalue weighted by molar-refractivity contribution is -0.141. The number of fused-ring (bicyclic) bond motifs is 5. The van der Waals surface area contributed by atoms with E-state index in [1.165, 1.54) is 24.4 Å². The number of hydrogen-bond acceptors (Lipinski definition) is 14. The predicted octanol–water partition coefficient (Wildman–Crippen LogP) is 2.40. The van der Waals surface area contributed by atoms with E-state index < -0.39 is 53.7 Å². The van der Waals surface area contributed by atoms with Gasteiger partial charge in [0, 0.05) is 37.7 Å². The number of amides is 5. The first-order valence-corrected chi connectivity index (χ1v) is 22.3. The van der Waals surface area contributed by atoms with Crippen LogP contribution in [-0.4, -0.2) is 109 Å². The predicted molar refractivity (Wildman–Crippen MR) is 250 cm³/mol. The number of ether oxygens (including phenoxy) is 3. The van der Waals surface area contributed by atoms with Gasteiger partial charge in [-0.05, 0) is 99.7 Å². The lowest BCUT2D eigenvalue weighted by atomic mass is 9.93. The van der Waals surface area contributed by atoms with E-state index in [1.54, 1.807) is 50.2 Å². The molecule has 2 heterocycles. The molecule has 4 aromatic rings. The van der Waals surface area contributed by atoms with Gasteiger partial charge in [-0.1, -0.05) is 37.6 Å². The van der Waals surface area contributed by atoms with E-state index in [9.17, 15) is 24.0 Å². The lowest BCUT2D eigenvalue weighted by Crippen LogP contribution is -2.56. The number of carbonyl (C=O) groups excluding carboxylic acids is 5. The van der Waals surface area contributed by atoms with E-state index in [-0.39, 0.29) is 63.8 Å². The van der Waals surface area contributed by atoms with Gasteiger partial charge in [-0.2, -0.15) is 15.2 Å². The number of unbranched alkanes of at least 4 members (excludes halogenated alkanes) is 1. The summed E-state index contributed by atoms with van der Waals surface area (Å²) in [6.07, 6.45) is 3.10. The van der Waals surface area contributed by atoms with Crippen molar-refractivity contribution in [1.82, 2.24) is 36.1 Å². The molecule has 4 bridgehead atoms. The molecule has 5 amide bonds. The third kappa shape index (κ3) is 13.2. The first-order valence-electron chi connectivity index (χ1n) is 22.3. The first-order chi connectivity index (χ1) is 32.2. The molecule has 356 valence electrons. The summed E-state index contributed by atoms with van der Waals surface area (Å²) in [7, 11) is 1.41. The zero-order valence-electron chi connectivity index (χ0n) is 38.6. The molecule has 19 heteroatoms. The topological polar surface area (TPSA) is 292 Å². The van der Waals surface area contributed by atoms with Gasteiger partial charge in [-0.25, -0.2) is 0 Å². The zero-order valence-corrected chi connectivity index (χ0v) is 38.6. The quantitative estimate of drug-likeness (QED) is 0.0666. The van der Waals surface area contributed by atoms with E-state index in [0.29, 0.717) is 50.9 Å². The van der Waals surface area contributed by atoms with Gasteiger partial charge in [-0.15, -0.1) is 0 Å². The molecule has 0 fully saturated rings. The fourth-order valence-electron chi connectivity index (χ4n) is 7.63. The van der Waals surface area contributed by atoms with Crippen molar-refractivity contribution in [2.45, 2.75) is 84.0 Å². The van der Waals surface area contributed by atoms with Crippen molar-refractivity contribution >= 4 is 29.5 Å². The van der Waals surface area contributed by atoms with Crippen LogP contribution in [0.5, 0.6) is 23.3 Å². The Kier molecular flexibility index (Phi) is 18.5. The fraction of sp³-hybridized carbons (Fsp3) is 0.417. The summed E-state index contributed by atoms with van der Waals surface area (Å²) in [5.74, 6) is -2.13. The molecule has 3 aromatic carbocycles. The molecule has 0 radical (unpaired) electrons. The number of nitrogens with one attached hydrogen (secondary N) is 4. The Morgan fingerprint density at radius 2 is 1.54 bits per heavy atom. The SMILES string of the molecule is CCCCc1ccc(Oc2nc(C)c(C(=O)NC(CCN)C(=O)N(C)[C@@H]3C(=O)N[C@@H](C)C(=O)N[C@H](C(=O)NCC#N)Cc4ccc(OCCN)c(c4)-c4cc3ccc4OCCN)c(C)n2)cc1. The summed E-state index contributed by atoms with van der Waals surface area (Å²) in [4.78, 5) is 80.5. The van der Waals surface area contributed by atoms with Crippen LogP contribution in [0, 0.1) is 25.2 Å². The molecule has 0 saturated carbocycles. The third-order valence-electron chi connectivity index (χ3n) is 11.0. The number of aromatic nitrogens is 2. The Labute approximate surface area is 390 Å². The van der Waals surface area contributed by atoms with Crippen molar-refractivity contribution in [1.29, 1.82) is 5.26 Å². The van der Waals surface area contributed by atoms with E-state index in [0.717, 1.165) is 19.3 Å². The summed E-state index contributed by atoms with van der Waals surface area (Å²) in [5, 5.41) is 19.9. The molecule has 67 heavy (non-hydrogen) atoms. The average molecular weight is 920 g/mol. The fourth-order valence-corrected chi connectivity index (χ4v) is 7.63. The van der Waals surface area contributed by atoms with Gasteiger partial charge in [0.05, 0.1) is 23.0 Å². The molecule has 0 saturated heterocycles. The van der Waals surface area contributed by atoms with Crippen LogP contribution in [0.15, 0.2) is 60.7 Å². The van der Waals surface area contributed by atoms with E-state index in [1.807, 2.05) is 30.3 Å². The summed E-state index contributed by atoms with van der Waals surface area (Å²) in [6.45, 7) is 7.17. The molecule has 1 aromatic heterocycles. The van der Waals surface area contributed by atoms with Crippen LogP contribution < -0.4 is 52.7 Å². The van der Waals surface area contributed by atoms with Gasteiger partial charge in [-0.3, -0.25) is 24.0 Å². The van der Waals surface area contributed by atoms with E-state index in [4.69, 9.17) is 36.7 Å². The minimum absolute atomic E-state index is 0.00261. The summed E-state index contributed by atoms with van der Waals surface area (Å²) in [5.41, 5.74) is 21.5. The standard InChI is InChI=1S/C48H61N11O8/c1-6-7-8-31-9-13-34(14-10-31)67-48-55-28(2)41(29(3)56-48)45(62)57-37(17-18-49)47(64)59(5)42-33-12-16-40(66-24-21-52)36(27-33)35-25-32(11-15-39(35)65-23-20-51)26-38(44(61)53-22-19-50)58-43(60)30(4)54-46(42)63/h9-16,25,27,30,37-38,42H,6-8,17-18,20-24,26,49,51-52H2,1-5H3,(H,53,61)(H,54,63)(H,57,62)(H,58,60)/t30-,37?,38-,42-/m0/s1. The van der Waals surface area contributed by atoms with Gasteiger partial charge in [0.1, 0.15) is 61.2 Å². The van der Waals surface area contributed by atoms with Gasteiger partial charge in [0.2, 0.25) is 23.6 Å². The Hall–Kier alpha value is -7.14. The van der Waals surface area contributed by atoms with Crippen molar-refractivity contribution in [2.75, 3.05) is 46.4 Å². The van der Waals surface area contributed by atoms with Crippen LogP contribution in [0.3, 0.4) is 0 Å². The van der Waals surface area contributed by atoms with Crippen LogP contribution in [-0.2, 0) is 32.0 Å². The number of aryl methyl sites for hydroxylation is 3. The molecule has 0 aliphatic carbocycles. The van der Waals surface area contributed by atoms with Gasteiger partial charge in [0.15, 0.2) is 0 Å². The number of likely N-dealkylation sites (N-methyl/N-ethyl adjacent to an activating group) is 1. The molecule has 19 nitrogen and oxygen atoms in total. The van der Waals surface area contributed by atoms with Crippen molar-refractivity contribution < 1.29 is 38.2 Å². The van der Waals surface area contributed by atoms with Crippen LogP contribution in [0.4, 0.5) is 0 Å². The van der Waals surface area contributed by atoms with Crippen LogP contribution in [0.1, 0.15) is 77.6 Å². The normalized spacial score (nSPS) is 16.3. The minimum atomic E-state index is -1.42. The van der Waals surface area contributed by atoms with Gasteiger partial charge in [0.25, 0.3) is 5.91 Å². The Balaban J connectivity index is 1.53. The molecule has 4 atom stereocenters. The highest BCUT2D eigenvalue weighted by atomic mass is 16.5. The van der Waals surface area contributed by atoms with Crippen LogP contribution in [0.25, 0.3) is 11.1 Å². The average Bonchev–Trinajstić information content (AvgIpc) is 3.30. The van der Waals surface area contributed by atoms with Crippen LogP contribution >= 0.6 is 0 Å². The number of nitriles is 1. The molecule has 1 unspecified atom stereocenters. The molecular weight excluding hydrogens is 859 g/mol. The van der Waals surface area contributed by atoms with Crippen molar-refractivity contribution in [3.8, 4) is 40.5 Å². The second-order valence-electron chi connectivity index (χ2n) is 16.1. The number of hydrogen-bond donors (Lipinski definition) is 7. The maximum atomic E-state index is 14.7.